The Morgan fingerprint density at radius 3 is 2.06 bits per heavy atom. The second-order valence-corrected chi connectivity index (χ2v) is 4.02. The molecule has 0 aromatic carbocycles. The highest BCUT2D eigenvalue weighted by molar-refractivity contribution is 6.20. The largest absolute Gasteiger partial charge is 0.467 e. The molecule has 1 unspecified atom stereocenters. The molecule has 0 aliphatic carbocycles. The lowest BCUT2D eigenvalue weighted by molar-refractivity contribution is 0.340. The molecule has 1 heterocycles. The first-order valence-electron chi connectivity index (χ1n) is 4.76. The van der Waals surface area contributed by atoms with Crippen LogP contribution >= 0.6 is 11.6 Å². The van der Waals surface area contributed by atoms with Crippen LogP contribution in [-0.4, -0.2) is 48.1 Å². The Bertz CT molecular complexity index is 326. The third-order valence-corrected chi connectivity index (χ3v) is 1.95. The highest BCUT2D eigenvalue weighted by Crippen LogP contribution is 2.15. The highest BCUT2D eigenvalue weighted by atomic mass is 35.5. The zero-order valence-corrected chi connectivity index (χ0v) is 10.5. The molecule has 1 aromatic heterocycles. The summed E-state index contributed by atoms with van der Waals surface area (Å²) in [5.74, 6) is 0.469. The van der Waals surface area contributed by atoms with Crippen LogP contribution in [-0.2, 0) is 0 Å². The van der Waals surface area contributed by atoms with Gasteiger partial charge in [-0.25, -0.2) is 0 Å². The van der Waals surface area contributed by atoms with E-state index in [9.17, 15) is 0 Å². The van der Waals surface area contributed by atoms with Crippen molar-refractivity contribution in [2.24, 2.45) is 0 Å². The van der Waals surface area contributed by atoms with E-state index in [4.69, 9.17) is 21.1 Å². The van der Waals surface area contributed by atoms with Crippen LogP contribution in [0, 0.1) is 0 Å². The van der Waals surface area contributed by atoms with Gasteiger partial charge in [-0.2, -0.15) is 9.97 Å². The molecule has 0 saturated carbocycles. The Labute approximate surface area is 99.6 Å². The molecule has 0 radical (unpaired) electrons. The molecule has 1 atom stereocenters. The quantitative estimate of drug-likeness (QED) is 0.721. The summed E-state index contributed by atoms with van der Waals surface area (Å²) in [6.07, 6.45) is 0. The first kappa shape index (κ1) is 12.8. The zero-order chi connectivity index (χ0) is 12.1. The summed E-state index contributed by atoms with van der Waals surface area (Å²) in [6, 6.07) is 0.437. The molecule has 0 aliphatic rings. The molecule has 0 saturated heterocycles. The maximum Gasteiger partial charge on any atom is 0.324 e. The lowest BCUT2D eigenvalue weighted by atomic mass is 10.4. The van der Waals surface area contributed by atoms with E-state index in [0.717, 1.165) is 0 Å². The van der Waals surface area contributed by atoms with Crippen molar-refractivity contribution >= 4 is 17.5 Å². The molecular weight excluding hydrogens is 232 g/mol. The molecule has 6 nitrogen and oxygen atoms in total. The van der Waals surface area contributed by atoms with Crippen LogP contribution in [0.4, 0.5) is 5.95 Å². The average molecular weight is 247 g/mol. The van der Waals surface area contributed by atoms with E-state index in [2.05, 4.69) is 15.0 Å². The lowest BCUT2D eigenvalue weighted by Crippen LogP contribution is -2.26. The number of nitrogens with zero attached hydrogens (tertiary/aromatic N) is 4. The van der Waals surface area contributed by atoms with Crippen molar-refractivity contribution in [3.8, 4) is 12.0 Å². The molecule has 0 aliphatic heterocycles. The van der Waals surface area contributed by atoms with Gasteiger partial charge in [-0.1, -0.05) is 0 Å². The molecule has 0 fully saturated rings. The van der Waals surface area contributed by atoms with Gasteiger partial charge in [0.25, 0.3) is 0 Å². The van der Waals surface area contributed by atoms with Gasteiger partial charge in [-0.15, -0.1) is 16.6 Å². The summed E-state index contributed by atoms with van der Waals surface area (Å²) in [6.45, 7) is 2.52. The van der Waals surface area contributed by atoms with Gasteiger partial charge in [0.05, 0.1) is 14.2 Å². The van der Waals surface area contributed by atoms with Crippen LogP contribution < -0.4 is 14.4 Å². The Kier molecular flexibility index (Phi) is 4.54. The third-order valence-electron chi connectivity index (χ3n) is 1.81. The van der Waals surface area contributed by atoms with Crippen molar-refractivity contribution in [1.82, 2.24) is 15.0 Å². The van der Waals surface area contributed by atoms with E-state index >= 15 is 0 Å². The zero-order valence-electron chi connectivity index (χ0n) is 9.77. The molecule has 0 spiro atoms. The van der Waals surface area contributed by atoms with E-state index in [0.29, 0.717) is 12.5 Å². The van der Waals surface area contributed by atoms with Gasteiger partial charge in [0.15, 0.2) is 0 Å². The molecule has 16 heavy (non-hydrogen) atoms. The van der Waals surface area contributed by atoms with Gasteiger partial charge < -0.3 is 14.4 Å². The van der Waals surface area contributed by atoms with Crippen LogP contribution in [0.5, 0.6) is 12.0 Å². The molecule has 0 N–H and O–H groups in total. The lowest BCUT2D eigenvalue weighted by Gasteiger charge is -2.18. The number of halogens is 1. The standard InChI is InChI=1S/C9H15ClN4O2/c1-6(10)5-14(2)7-11-8(15-3)13-9(12-7)16-4/h6H,5H2,1-4H3. The van der Waals surface area contributed by atoms with Crippen molar-refractivity contribution in [3.05, 3.63) is 0 Å². The van der Waals surface area contributed by atoms with Crippen molar-refractivity contribution < 1.29 is 9.47 Å². The van der Waals surface area contributed by atoms with E-state index in [1.807, 2.05) is 18.9 Å². The second-order valence-electron chi connectivity index (χ2n) is 3.27. The van der Waals surface area contributed by atoms with Gasteiger partial charge in [0.1, 0.15) is 0 Å². The van der Waals surface area contributed by atoms with E-state index in [-0.39, 0.29) is 17.4 Å². The smallest absolute Gasteiger partial charge is 0.324 e. The molecule has 90 valence electrons. The summed E-state index contributed by atoms with van der Waals surface area (Å²) in [4.78, 5) is 13.9. The number of aromatic nitrogens is 3. The minimum Gasteiger partial charge on any atom is -0.467 e. The van der Waals surface area contributed by atoms with Gasteiger partial charge in [0.2, 0.25) is 5.95 Å². The minimum atomic E-state index is -0.00115. The predicted molar refractivity (Wildman–Crippen MR) is 61.5 cm³/mol. The van der Waals surface area contributed by atoms with Crippen molar-refractivity contribution in [2.75, 3.05) is 32.7 Å². The van der Waals surface area contributed by atoms with Crippen LogP contribution in [0.3, 0.4) is 0 Å². The fourth-order valence-corrected chi connectivity index (χ4v) is 1.35. The summed E-state index contributed by atoms with van der Waals surface area (Å²) in [5.41, 5.74) is 0. The highest BCUT2D eigenvalue weighted by Gasteiger charge is 2.12. The maximum absolute atomic E-state index is 5.89. The minimum absolute atomic E-state index is 0.00115. The van der Waals surface area contributed by atoms with Gasteiger partial charge in [-0.05, 0) is 6.92 Å². The van der Waals surface area contributed by atoms with Gasteiger partial charge in [0, 0.05) is 19.0 Å². The Hall–Kier alpha value is -1.30. The molecule has 7 heteroatoms. The van der Waals surface area contributed by atoms with E-state index in [1.165, 1.54) is 14.2 Å². The summed E-state index contributed by atoms with van der Waals surface area (Å²) < 4.78 is 9.90. The molecule has 0 amide bonds. The monoisotopic (exact) mass is 246 g/mol. The normalized spacial score (nSPS) is 12.1. The number of ether oxygens (including phenoxy) is 2. The van der Waals surface area contributed by atoms with Crippen molar-refractivity contribution in [2.45, 2.75) is 12.3 Å². The Morgan fingerprint density at radius 1 is 1.19 bits per heavy atom. The first-order valence-corrected chi connectivity index (χ1v) is 5.19. The van der Waals surface area contributed by atoms with E-state index < -0.39 is 0 Å². The van der Waals surface area contributed by atoms with Crippen LogP contribution in [0.25, 0.3) is 0 Å². The summed E-state index contributed by atoms with van der Waals surface area (Å²) in [5, 5.41) is -0.00115. The van der Waals surface area contributed by atoms with E-state index in [1.54, 1.807) is 0 Å². The topological polar surface area (TPSA) is 60.4 Å². The number of rotatable bonds is 5. The number of anilines is 1. The van der Waals surface area contributed by atoms with Crippen LogP contribution in [0.2, 0.25) is 0 Å². The summed E-state index contributed by atoms with van der Waals surface area (Å²) >= 11 is 5.89. The Balaban J connectivity index is 2.93. The van der Waals surface area contributed by atoms with Crippen molar-refractivity contribution in [3.63, 3.8) is 0 Å². The first-order chi connectivity index (χ1) is 7.56. The fraction of sp³-hybridized carbons (Fsp3) is 0.667. The number of alkyl halides is 1. The number of hydrogen-bond donors (Lipinski definition) is 0. The second kappa shape index (κ2) is 5.69. The maximum atomic E-state index is 5.89. The number of hydrogen-bond acceptors (Lipinski definition) is 6. The third kappa shape index (κ3) is 3.37. The molecular formula is C9H15ClN4O2. The van der Waals surface area contributed by atoms with Crippen LogP contribution in [0.15, 0.2) is 0 Å². The summed E-state index contributed by atoms with van der Waals surface area (Å²) in [7, 11) is 4.82. The molecule has 0 bridgehead atoms. The average Bonchev–Trinajstić information content (AvgIpc) is 2.27. The Morgan fingerprint density at radius 2 is 1.69 bits per heavy atom. The SMILES string of the molecule is COc1nc(OC)nc(N(C)CC(C)Cl)n1. The number of methoxy groups -OCH3 is 2. The fourth-order valence-electron chi connectivity index (χ4n) is 1.14. The van der Waals surface area contributed by atoms with Crippen molar-refractivity contribution in [1.29, 1.82) is 0 Å². The molecule has 1 aromatic rings. The van der Waals surface area contributed by atoms with Crippen LogP contribution in [0.1, 0.15) is 6.92 Å². The van der Waals surface area contributed by atoms with Gasteiger partial charge in [-0.3, -0.25) is 0 Å². The predicted octanol–water partition coefficient (Wildman–Crippen LogP) is 0.952. The molecule has 1 rings (SSSR count). The van der Waals surface area contributed by atoms with Gasteiger partial charge >= 0.3 is 12.0 Å².